The number of sulfone groups is 1. The number of halogens is 1. The van der Waals surface area contributed by atoms with E-state index in [0.717, 1.165) is 11.4 Å². The molecule has 8 nitrogen and oxygen atoms in total. The van der Waals surface area contributed by atoms with Gasteiger partial charge in [-0.25, -0.2) is 8.42 Å². The number of amidine groups is 1. The smallest absolute Gasteiger partial charge is 0.208 e. The third kappa shape index (κ3) is 8.28. The highest BCUT2D eigenvalue weighted by Gasteiger charge is 2.32. The molecular formula is C23H24ClN5O3S3. The average Bonchev–Trinajstić information content (AvgIpc) is 3.38. The Balaban J connectivity index is 1.63. The molecule has 3 aromatic rings. The molecule has 35 heavy (non-hydrogen) atoms. The molecular weight excluding hydrogens is 526 g/mol. The van der Waals surface area contributed by atoms with Crippen molar-refractivity contribution in [2.45, 2.75) is 21.7 Å². The monoisotopic (exact) mass is 549 g/mol. The molecule has 184 valence electrons. The minimum absolute atomic E-state index is 0.0839. The van der Waals surface area contributed by atoms with E-state index < -0.39 is 15.1 Å². The summed E-state index contributed by atoms with van der Waals surface area (Å²) in [6.07, 6.45) is 3.21. The van der Waals surface area contributed by atoms with E-state index in [1.165, 1.54) is 18.4 Å². The van der Waals surface area contributed by atoms with Gasteiger partial charge in [-0.15, -0.1) is 0 Å². The second-order valence-corrected chi connectivity index (χ2v) is 11.7. The molecule has 0 saturated carbocycles. The van der Waals surface area contributed by atoms with E-state index in [2.05, 4.69) is 20.4 Å². The second-order valence-electron chi connectivity index (χ2n) is 7.09. The number of hydrogen-bond donors (Lipinski definition) is 1. The molecule has 0 fully saturated rings. The third-order valence-corrected chi connectivity index (χ3v) is 8.80. The summed E-state index contributed by atoms with van der Waals surface area (Å²) in [5, 5.41) is 15.9. The Morgan fingerprint density at radius 1 is 1.14 bits per heavy atom. The summed E-state index contributed by atoms with van der Waals surface area (Å²) >= 11 is 9.34. The quantitative estimate of drug-likeness (QED) is 0.189. The zero-order valence-corrected chi connectivity index (χ0v) is 21.9. The Labute approximate surface area is 218 Å². The van der Waals surface area contributed by atoms with Crippen LogP contribution in [-0.4, -0.2) is 54.2 Å². The maximum Gasteiger partial charge on any atom is 0.208 e. The van der Waals surface area contributed by atoms with Crippen LogP contribution in [0.15, 0.2) is 75.4 Å². The topological polar surface area (TPSA) is 121 Å². The number of pyridine rings is 1. The third-order valence-electron chi connectivity index (χ3n) is 4.63. The number of hydrogen-bond acceptors (Lipinski definition) is 9. The molecule has 1 aromatic carbocycles. The molecule has 0 aliphatic carbocycles. The van der Waals surface area contributed by atoms with Gasteiger partial charge >= 0.3 is 0 Å². The molecule has 2 heterocycles. The number of nitrogens with one attached hydrogen (secondary N) is 1. The highest BCUT2D eigenvalue weighted by molar-refractivity contribution is 7.98. The van der Waals surface area contributed by atoms with Crippen LogP contribution in [0.5, 0.6) is 0 Å². The Bertz CT molecular complexity index is 1230. The zero-order valence-electron chi connectivity index (χ0n) is 18.7. The van der Waals surface area contributed by atoms with Crippen molar-refractivity contribution in [2.24, 2.45) is 4.99 Å². The van der Waals surface area contributed by atoms with Crippen molar-refractivity contribution in [2.75, 3.05) is 24.6 Å². The predicted molar refractivity (Wildman–Crippen MR) is 141 cm³/mol. The van der Waals surface area contributed by atoms with Crippen LogP contribution in [0.4, 0.5) is 0 Å². The first-order chi connectivity index (χ1) is 17.0. The van der Waals surface area contributed by atoms with Crippen LogP contribution in [-0.2, 0) is 21.3 Å². The molecule has 3 rings (SSSR count). The predicted octanol–water partition coefficient (Wildman–Crippen LogP) is 4.24. The van der Waals surface area contributed by atoms with Crippen LogP contribution in [0.2, 0.25) is 5.02 Å². The van der Waals surface area contributed by atoms with Crippen molar-refractivity contribution in [1.29, 1.82) is 5.26 Å². The van der Waals surface area contributed by atoms with Crippen LogP contribution < -0.4 is 5.32 Å². The first kappa shape index (κ1) is 27.1. The minimum Gasteiger partial charge on any atom is -0.371 e. The van der Waals surface area contributed by atoms with Gasteiger partial charge in [0.15, 0.2) is 0 Å². The van der Waals surface area contributed by atoms with Gasteiger partial charge in [0.25, 0.3) is 0 Å². The van der Waals surface area contributed by atoms with E-state index in [9.17, 15) is 13.7 Å². The fraction of sp³-hybridized carbons (Fsp3) is 0.304. The maximum absolute atomic E-state index is 13.2. The summed E-state index contributed by atoms with van der Waals surface area (Å²) in [5.74, 6) is 2.71. The number of nitrogens with zero attached hydrogens (tertiary/aromatic N) is 4. The Kier molecular flexibility index (Phi) is 10.9. The highest BCUT2D eigenvalue weighted by atomic mass is 35.5. The maximum atomic E-state index is 13.2. The number of thioether (sulfide) groups is 2. The van der Waals surface area contributed by atoms with Gasteiger partial charge in [-0.2, -0.15) is 28.8 Å². The molecule has 0 bridgehead atoms. The van der Waals surface area contributed by atoms with Gasteiger partial charge in [-0.05, 0) is 24.3 Å². The lowest BCUT2D eigenvalue weighted by molar-refractivity contribution is 0.414. The molecule has 0 aliphatic heterocycles. The van der Waals surface area contributed by atoms with E-state index in [0.29, 0.717) is 41.1 Å². The van der Waals surface area contributed by atoms with E-state index in [-0.39, 0.29) is 10.7 Å². The molecule has 0 saturated heterocycles. The standard InChI is InChI=1S/C23H24ClN5O3S3/c24-20-7-4-9-26-21(20)17-34-14-11-28-23(27-10-13-33-16-18-8-12-32-29-18)22(15-25)35(30,31)19-5-2-1-3-6-19/h1-9,12,22H,10-11,13-14,16-17H2,(H,27,28). The van der Waals surface area contributed by atoms with Crippen molar-refractivity contribution in [3.63, 3.8) is 0 Å². The van der Waals surface area contributed by atoms with Crippen molar-refractivity contribution >= 4 is 50.8 Å². The number of nitriles is 1. The summed E-state index contributed by atoms with van der Waals surface area (Å²) in [5.41, 5.74) is 1.61. The second kappa shape index (κ2) is 14.1. The SMILES string of the molecule is N#CC(C(=NCCSCc1ncccc1Cl)NCCSCc1ccon1)S(=O)(=O)c1ccccc1. The van der Waals surface area contributed by atoms with Crippen LogP contribution in [0, 0.1) is 11.3 Å². The van der Waals surface area contributed by atoms with Crippen LogP contribution in [0.25, 0.3) is 0 Å². The first-order valence-corrected chi connectivity index (χ1v) is 14.9. The lowest BCUT2D eigenvalue weighted by Gasteiger charge is -2.16. The molecule has 12 heteroatoms. The highest BCUT2D eigenvalue weighted by Crippen LogP contribution is 2.19. The molecule has 1 N–H and O–H groups in total. The molecule has 0 spiro atoms. The summed E-state index contributed by atoms with van der Waals surface area (Å²) in [6, 6.07) is 15.2. The van der Waals surface area contributed by atoms with E-state index in [1.807, 2.05) is 6.07 Å². The van der Waals surface area contributed by atoms with Gasteiger partial charge in [-0.1, -0.05) is 35.0 Å². The van der Waals surface area contributed by atoms with Crippen molar-refractivity contribution in [1.82, 2.24) is 15.5 Å². The van der Waals surface area contributed by atoms with Crippen molar-refractivity contribution < 1.29 is 12.9 Å². The normalized spacial score (nSPS) is 12.7. The molecule has 0 radical (unpaired) electrons. The average molecular weight is 550 g/mol. The van der Waals surface area contributed by atoms with Gasteiger partial charge in [0.1, 0.15) is 12.1 Å². The molecule has 0 aliphatic rings. The lowest BCUT2D eigenvalue weighted by Crippen LogP contribution is -2.40. The van der Waals surface area contributed by atoms with E-state index >= 15 is 0 Å². The van der Waals surface area contributed by atoms with Gasteiger partial charge < -0.3 is 9.84 Å². The van der Waals surface area contributed by atoms with E-state index in [4.69, 9.17) is 16.1 Å². The number of rotatable bonds is 13. The van der Waals surface area contributed by atoms with Gasteiger partial charge in [0.05, 0.1) is 33.9 Å². The summed E-state index contributed by atoms with van der Waals surface area (Å²) in [6.45, 7) is 0.784. The Morgan fingerprint density at radius 2 is 1.94 bits per heavy atom. The van der Waals surface area contributed by atoms with Gasteiger partial charge in [0.2, 0.25) is 15.1 Å². The summed E-state index contributed by atoms with van der Waals surface area (Å²) in [4.78, 5) is 8.82. The Hall–Kier alpha value is -2.52. The number of benzene rings is 1. The largest absolute Gasteiger partial charge is 0.371 e. The number of aliphatic imine (C=N–C) groups is 1. The van der Waals surface area contributed by atoms with E-state index in [1.54, 1.807) is 66.1 Å². The summed E-state index contributed by atoms with van der Waals surface area (Å²) in [7, 11) is -3.94. The summed E-state index contributed by atoms with van der Waals surface area (Å²) < 4.78 is 31.2. The molecule has 1 unspecified atom stereocenters. The zero-order chi connectivity index (χ0) is 24.9. The van der Waals surface area contributed by atoms with Crippen molar-refractivity contribution in [3.05, 3.63) is 77.4 Å². The van der Waals surface area contributed by atoms with Crippen LogP contribution in [0.3, 0.4) is 0 Å². The molecule has 0 amide bonds. The minimum atomic E-state index is -3.94. The molecule has 2 aromatic heterocycles. The molecule has 1 atom stereocenters. The lowest BCUT2D eigenvalue weighted by atomic mass is 10.4. The number of aromatic nitrogens is 2. The Morgan fingerprint density at radius 3 is 2.66 bits per heavy atom. The van der Waals surface area contributed by atoms with Gasteiger partial charge in [0, 0.05) is 41.8 Å². The fourth-order valence-corrected chi connectivity index (χ4v) is 6.12. The van der Waals surface area contributed by atoms with Crippen LogP contribution >= 0.6 is 35.1 Å². The van der Waals surface area contributed by atoms with Gasteiger partial charge in [-0.3, -0.25) is 9.98 Å². The fourth-order valence-electron chi connectivity index (χ4n) is 2.92. The van der Waals surface area contributed by atoms with Crippen molar-refractivity contribution in [3.8, 4) is 6.07 Å². The van der Waals surface area contributed by atoms with Crippen LogP contribution in [0.1, 0.15) is 11.4 Å². The first-order valence-electron chi connectivity index (χ1n) is 10.6.